The number of rotatable bonds is 5. The van der Waals surface area contributed by atoms with Crippen molar-refractivity contribution in [3.8, 4) is 46.0 Å². The third-order valence-corrected chi connectivity index (χ3v) is 20.2. The quantitative estimate of drug-likeness (QED) is 0.160. The van der Waals surface area contributed by atoms with E-state index in [1.165, 1.54) is 11.1 Å². The highest BCUT2D eigenvalue weighted by atomic mass is 16.3. The van der Waals surface area contributed by atoms with Gasteiger partial charge < -0.3 is 27.1 Å². The molecule has 100 heavy (non-hydrogen) atoms. The Kier molecular flexibility index (Phi) is 13.1. The zero-order valence-electron chi connectivity index (χ0n) is 55.6. The Morgan fingerprint density at radius 3 is 1.16 bits per heavy atom. The lowest BCUT2D eigenvalue weighted by Gasteiger charge is -2.19. The van der Waals surface area contributed by atoms with Crippen LogP contribution in [0.2, 0.25) is 0 Å². The molecule has 0 saturated heterocycles. The summed E-state index contributed by atoms with van der Waals surface area (Å²) < 4.78 is 21.6. The van der Waals surface area contributed by atoms with Crippen molar-refractivity contribution < 1.29 is 8.83 Å². The van der Waals surface area contributed by atoms with Gasteiger partial charge in [-0.2, -0.15) is 10.5 Å². The van der Waals surface area contributed by atoms with Gasteiger partial charge >= 0.3 is 0 Å². The third-order valence-electron chi connectivity index (χ3n) is 20.2. The molecule has 0 unspecified atom stereocenters. The summed E-state index contributed by atoms with van der Waals surface area (Å²) in [5.41, 5.74) is 20.0. The molecule has 0 saturated carbocycles. The fraction of sp³-hybridized carbons (Fsp3) is 0.0889. The second kappa shape index (κ2) is 22.1. The maximum atomic E-state index is 10.9. The molecule has 10 heteroatoms. The van der Waals surface area contributed by atoms with Crippen molar-refractivity contribution in [2.24, 2.45) is 0 Å². The molecule has 19 aromatic rings. The van der Waals surface area contributed by atoms with Crippen LogP contribution >= 0.6 is 0 Å². The Balaban J connectivity index is 0.000000144. The van der Waals surface area contributed by atoms with Crippen molar-refractivity contribution in [2.45, 2.75) is 52.4 Å². The molecule has 0 bridgehead atoms. The number of hydrogen-bond acceptors (Lipinski definition) is 4. The second-order valence-electron chi connectivity index (χ2n) is 28.0. The number of benzene rings is 13. The number of furan rings is 2. The lowest BCUT2D eigenvalue weighted by Crippen LogP contribution is -2.10. The van der Waals surface area contributed by atoms with Crippen molar-refractivity contribution in [1.29, 1.82) is 10.5 Å². The van der Waals surface area contributed by atoms with Gasteiger partial charge in [-0.15, -0.1) is 0 Å². The minimum absolute atomic E-state index is 0.0400. The summed E-state index contributed by atoms with van der Waals surface area (Å²) in [5.74, 6) is 0. The molecular weight excluding hydrogens is 1230 g/mol. The molecule has 13 aromatic carbocycles. The van der Waals surface area contributed by atoms with Crippen LogP contribution in [0.15, 0.2) is 264 Å². The van der Waals surface area contributed by atoms with E-state index in [1.54, 1.807) is 0 Å². The number of hydrogen-bond donors (Lipinski definition) is 0. The van der Waals surface area contributed by atoms with Gasteiger partial charge in [0.15, 0.2) is 0 Å². The minimum atomic E-state index is -0.0400. The van der Waals surface area contributed by atoms with Gasteiger partial charge in [-0.1, -0.05) is 181 Å². The Hall–Kier alpha value is -13.4. The van der Waals surface area contributed by atoms with Crippen LogP contribution in [0.5, 0.6) is 0 Å². The van der Waals surface area contributed by atoms with Crippen molar-refractivity contribution in [1.82, 2.24) is 18.3 Å². The average molecular weight is 1290 g/mol. The van der Waals surface area contributed by atoms with Gasteiger partial charge in [0.2, 0.25) is 11.4 Å². The molecule has 0 radical (unpaired) electrons. The summed E-state index contributed by atoms with van der Waals surface area (Å²) in [6, 6.07) is 92.1. The zero-order chi connectivity index (χ0) is 68.0. The SMILES string of the molecule is [C-]#[N+]c1cc(-n2c3ccc(-c4ccccc4)cc3c3c4oc5ccccc5c4ccc32)cc(C#N)c1-n1c2ccccc2c2ccccc21.[C-]#[N+]c1cc(-n2c3ccccc3c3c4oc5ccccc5c4ccc32)cc(C#N)c1-n1c2ccc(C(C)(C)C)cc2c2cc(C(C)(C)C)ccc21. The average Bonchev–Trinajstić information content (AvgIpc) is 1.57. The van der Waals surface area contributed by atoms with E-state index in [1.807, 2.05) is 127 Å². The van der Waals surface area contributed by atoms with Gasteiger partial charge in [0.05, 0.1) is 90.6 Å². The van der Waals surface area contributed by atoms with Crippen molar-refractivity contribution in [3.05, 3.63) is 300 Å². The Labute approximate surface area is 575 Å². The predicted octanol–water partition coefficient (Wildman–Crippen LogP) is 24.7. The van der Waals surface area contributed by atoms with Gasteiger partial charge in [0.25, 0.3) is 0 Å². The fourth-order valence-corrected chi connectivity index (χ4v) is 15.5. The first kappa shape index (κ1) is 59.1. The molecule has 0 atom stereocenters. The van der Waals surface area contributed by atoms with Crippen LogP contribution in [-0.4, -0.2) is 18.3 Å². The molecular formula is C90H60N8O2. The van der Waals surface area contributed by atoms with Crippen molar-refractivity contribution >= 4 is 142 Å². The van der Waals surface area contributed by atoms with Gasteiger partial charge in [-0.3, -0.25) is 0 Å². The van der Waals surface area contributed by atoms with Gasteiger partial charge in [-0.05, 0) is 148 Å². The van der Waals surface area contributed by atoms with E-state index < -0.39 is 0 Å². The lowest BCUT2D eigenvalue weighted by molar-refractivity contribution is 0.590. The Morgan fingerprint density at radius 2 is 0.700 bits per heavy atom. The molecule has 0 N–H and O–H groups in total. The zero-order valence-corrected chi connectivity index (χ0v) is 55.6. The van der Waals surface area contributed by atoms with E-state index in [0.29, 0.717) is 33.9 Å². The molecule has 0 spiro atoms. The predicted molar refractivity (Wildman–Crippen MR) is 410 cm³/mol. The van der Waals surface area contributed by atoms with Gasteiger partial charge in [-0.25, -0.2) is 9.69 Å². The van der Waals surface area contributed by atoms with E-state index in [4.69, 9.17) is 22.0 Å². The monoisotopic (exact) mass is 1280 g/mol. The summed E-state index contributed by atoms with van der Waals surface area (Å²) in [6.07, 6.45) is 0. The van der Waals surface area contributed by atoms with E-state index in [2.05, 4.69) is 209 Å². The summed E-state index contributed by atoms with van der Waals surface area (Å²) in [4.78, 5) is 8.18. The molecule has 0 aliphatic carbocycles. The largest absolute Gasteiger partial charge is 0.455 e. The highest BCUT2D eigenvalue weighted by molar-refractivity contribution is 6.26. The molecule has 6 heterocycles. The topological polar surface area (TPSA) is 102 Å². The number of fused-ring (bicyclic) bond motifs is 20. The van der Waals surface area contributed by atoms with Gasteiger partial charge in [0.1, 0.15) is 34.5 Å². The van der Waals surface area contributed by atoms with Crippen LogP contribution in [0, 0.1) is 35.8 Å². The molecule has 10 nitrogen and oxygen atoms in total. The van der Waals surface area contributed by atoms with Crippen LogP contribution in [0.4, 0.5) is 11.4 Å². The van der Waals surface area contributed by atoms with Crippen LogP contribution in [0.1, 0.15) is 63.8 Å². The third kappa shape index (κ3) is 8.85. The standard InChI is InChI=1S/C46H36N4O.C44H24N4O/c1-45(2,3)28-16-19-38-34(23-28)35-24-29(46(4,5)6)17-20-39(35)50(38)43-27(26-47)22-30(25-36(43)48-7)49-37-14-10-8-13-33(37)42-40(49)21-18-32-31-12-9-11-15-41(31)51-44(32)42;1-46-36-25-30(23-29(26-45)43(36)48-37-16-8-5-13-31(37)32-14-6-9-17-38(32)48)47-39-21-19-28(27-11-3-2-4-12-27)24-35(39)42-40(47)22-20-34-33-15-7-10-18-41(33)49-44(34)42/h8-25H,1-6H3;2-25H. The number of para-hydroxylation sites is 5. The van der Waals surface area contributed by atoms with Gasteiger partial charge in [0, 0.05) is 65.2 Å². The maximum absolute atomic E-state index is 10.9. The lowest BCUT2D eigenvalue weighted by atomic mass is 9.85. The molecule has 0 fully saturated rings. The summed E-state index contributed by atoms with van der Waals surface area (Å²) in [7, 11) is 0. The minimum Gasteiger partial charge on any atom is -0.455 e. The number of nitrogens with zero attached hydrogens (tertiary/aromatic N) is 8. The van der Waals surface area contributed by atoms with E-state index in [9.17, 15) is 10.5 Å². The molecule has 6 aromatic heterocycles. The highest BCUT2D eigenvalue weighted by Crippen LogP contribution is 2.48. The van der Waals surface area contributed by atoms with Crippen molar-refractivity contribution in [3.63, 3.8) is 0 Å². The number of aromatic nitrogens is 4. The molecule has 0 amide bonds. The Bertz CT molecular complexity index is 6720. The Morgan fingerprint density at radius 1 is 0.320 bits per heavy atom. The van der Waals surface area contributed by atoms with Crippen LogP contribution in [-0.2, 0) is 10.8 Å². The van der Waals surface area contributed by atoms with Crippen LogP contribution in [0.3, 0.4) is 0 Å². The van der Waals surface area contributed by atoms with E-state index >= 15 is 0 Å². The summed E-state index contributed by atoms with van der Waals surface area (Å²) in [6.45, 7) is 30.3. The first-order chi connectivity index (χ1) is 48.7. The van der Waals surface area contributed by atoms with Crippen LogP contribution < -0.4 is 0 Å². The van der Waals surface area contributed by atoms with Crippen LogP contribution in [0.25, 0.3) is 175 Å². The summed E-state index contributed by atoms with van der Waals surface area (Å²) in [5, 5.41) is 34.3. The summed E-state index contributed by atoms with van der Waals surface area (Å²) >= 11 is 0. The first-order valence-corrected chi connectivity index (χ1v) is 33.5. The van der Waals surface area contributed by atoms with E-state index in [-0.39, 0.29) is 10.8 Å². The van der Waals surface area contributed by atoms with Crippen molar-refractivity contribution in [2.75, 3.05) is 0 Å². The molecule has 472 valence electrons. The molecule has 19 rings (SSSR count). The fourth-order valence-electron chi connectivity index (χ4n) is 15.5. The molecule has 0 aliphatic heterocycles. The number of nitriles is 2. The second-order valence-corrected chi connectivity index (χ2v) is 28.0. The smallest absolute Gasteiger partial charge is 0.214 e. The normalized spacial score (nSPS) is 12.1. The maximum Gasteiger partial charge on any atom is 0.214 e. The van der Waals surface area contributed by atoms with E-state index in [0.717, 1.165) is 154 Å². The molecule has 0 aliphatic rings. The highest BCUT2D eigenvalue weighted by Gasteiger charge is 2.28. The first-order valence-electron chi connectivity index (χ1n) is 33.5.